The predicted octanol–water partition coefficient (Wildman–Crippen LogP) is 0.915. The number of morpholine rings is 1. The molecular formula is C19H25N7O2. The maximum Gasteiger partial charge on any atom is 0.260 e. The molecule has 28 heavy (non-hydrogen) atoms. The molecule has 0 aliphatic carbocycles. The first-order valence-corrected chi connectivity index (χ1v) is 9.30. The van der Waals surface area contributed by atoms with Crippen molar-refractivity contribution in [2.75, 3.05) is 33.8 Å². The van der Waals surface area contributed by atoms with Gasteiger partial charge < -0.3 is 14.5 Å². The molecule has 0 radical (unpaired) electrons. The second kappa shape index (κ2) is 7.33. The first kappa shape index (κ1) is 18.6. The molecule has 0 N–H and O–H groups in total. The van der Waals surface area contributed by atoms with E-state index in [1.165, 1.54) is 0 Å². The van der Waals surface area contributed by atoms with Crippen molar-refractivity contribution in [3.05, 3.63) is 47.7 Å². The summed E-state index contributed by atoms with van der Waals surface area (Å²) in [4.78, 5) is 21.9. The lowest BCUT2D eigenvalue weighted by atomic mass is 9.99. The van der Waals surface area contributed by atoms with E-state index in [2.05, 4.69) is 20.1 Å². The van der Waals surface area contributed by atoms with E-state index in [-0.39, 0.29) is 18.1 Å². The molecule has 0 bridgehead atoms. The highest BCUT2D eigenvalue weighted by molar-refractivity contribution is 6.00. The van der Waals surface area contributed by atoms with E-state index in [4.69, 9.17) is 4.74 Å². The highest BCUT2D eigenvalue weighted by atomic mass is 16.5. The average Bonchev–Trinajstić information content (AvgIpc) is 3.26. The van der Waals surface area contributed by atoms with Gasteiger partial charge >= 0.3 is 0 Å². The van der Waals surface area contributed by atoms with Crippen molar-refractivity contribution < 1.29 is 9.53 Å². The number of ether oxygens (including phenoxy) is 1. The molecule has 4 heterocycles. The molecule has 0 saturated carbocycles. The monoisotopic (exact) mass is 383 g/mol. The lowest BCUT2D eigenvalue weighted by molar-refractivity contribution is -0.0684. The van der Waals surface area contributed by atoms with Gasteiger partial charge in [-0.1, -0.05) is 0 Å². The van der Waals surface area contributed by atoms with Crippen LogP contribution in [0.25, 0.3) is 5.65 Å². The highest BCUT2D eigenvalue weighted by Crippen LogP contribution is 2.31. The lowest BCUT2D eigenvalue weighted by Gasteiger charge is -2.41. The topological polar surface area (TPSA) is 80.8 Å². The van der Waals surface area contributed by atoms with E-state index in [9.17, 15) is 4.79 Å². The van der Waals surface area contributed by atoms with E-state index < -0.39 is 0 Å². The molecule has 1 amide bonds. The molecule has 3 aromatic rings. The molecule has 9 nitrogen and oxygen atoms in total. The average molecular weight is 383 g/mol. The molecule has 0 spiro atoms. The van der Waals surface area contributed by atoms with Crippen LogP contribution in [0.1, 0.15) is 27.5 Å². The van der Waals surface area contributed by atoms with Gasteiger partial charge in [0.25, 0.3) is 5.91 Å². The second-order valence-electron chi connectivity index (χ2n) is 7.52. The van der Waals surface area contributed by atoms with E-state index in [0.717, 1.165) is 11.1 Å². The maximum absolute atomic E-state index is 13.5. The maximum atomic E-state index is 13.5. The summed E-state index contributed by atoms with van der Waals surface area (Å²) < 4.78 is 9.46. The van der Waals surface area contributed by atoms with Crippen LogP contribution in [-0.2, 0) is 11.8 Å². The number of carbonyl (C=O) groups is 1. The number of aromatic nitrogens is 5. The first-order valence-electron chi connectivity index (χ1n) is 9.30. The molecule has 1 fully saturated rings. The Kier molecular flexibility index (Phi) is 4.86. The molecule has 1 aliphatic rings. The smallest absolute Gasteiger partial charge is 0.260 e. The van der Waals surface area contributed by atoms with Gasteiger partial charge in [0.2, 0.25) is 0 Å². The quantitative estimate of drug-likeness (QED) is 0.666. The molecule has 2 unspecified atom stereocenters. The van der Waals surface area contributed by atoms with Crippen LogP contribution in [0.15, 0.2) is 31.0 Å². The van der Waals surface area contributed by atoms with Gasteiger partial charge in [0.15, 0.2) is 5.65 Å². The molecule has 1 saturated heterocycles. The van der Waals surface area contributed by atoms with Gasteiger partial charge in [-0.25, -0.2) is 9.50 Å². The number of aryl methyl sites for hydroxylation is 2. The Morgan fingerprint density at radius 1 is 1.25 bits per heavy atom. The Morgan fingerprint density at radius 2 is 2.07 bits per heavy atom. The fourth-order valence-corrected chi connectivity index (χ4v) is 3.73. The molecular weight excluding hydrogens is 358 g/mol. The van der Waals surface area contributed by atoms with Gasteiger partial charge in [-0.3, -0.25) is 9.48 Å². The summed E-state index contributed by atoms with van der Waals surface area (Å²) in [5.74, 6) is -0.0905. The second-order valence-corrected chi connectivity index (χ2v) is 7.52. The molecule has 2 atom stereocenters. The Hall–Kier alpha value is -2.78. The summed E-state index contributed by atoms with van der Waals surface area (Å²) in [5, 5.41) is 8.62. The van der Waals surface area contributed by atoms with Crippen molar-refractivity contribution >= 4 is 11.6 Å². The van der Waals surface area contributed by atoms with E-state index in [1.54, 1.807) is 27.8 Å². The van der Waals surface area contributed by atoms with Crippen molar-refractivity contribution in [2.45, 2.75) is 19.1 Å². The number of hydrogen-bond acceptors (Lipinski definition) is 6. The summed E-state index contributed by atoms with van der Waals surface area (Å²) in [6.45, 7) is 3.65. The number of rotatable bonds is 4. The number of nitrogens with zero attached hydrogens (tertiary/aromatic N) is 7. The van der Waals surface area contributed by atoms with Crippen LogP contribution in [0.5, 0.6) is 0 Å². The minimum atomic E-state index is -0.224. The predicted molar refractivity (Wildman–Crippen MR) is 103 cm³/mol. The Balaban J connectivity index is 1.73. The van der Waals surface area contributed by atoms with E-state index in [0.29, 0.717) is 30.9 Å². The third-order valence-electron chi connectivity index (χ3n) is 4.94. The van der Waals surface area contributed by atoms with Crippen LogP contribution >= 0.6 is 0 Å². The lowest BCUT2D eigenvalue weighted by Crippen LogP contribution is -2.51. The van der Waals surface area contributed by atoms with Crippen LogP contribution < -0.4 is 0 Å². The van der Waals surface area contributed by atoms with Crippen LogP contribution in [0.3, 0.4) is 0 Å². The molecule has 148 valence electrons. The Morgan fingerprint density at radius 3 is 2.79 bits per heavy atom. The normalized spacial score (nSPS) is 20.2. The SMILES string of the molecule is Cc1cnc2c(C(=O)N3CCOC(CN(C)C)C3c3cnn(C)c3)cnn2c1. The number of likely N-dealkylation sites (N-methyl/N-ethyl adjacent to an activating group) is 1. The van der Waals surface area contributed by atoms with Crippen molar-refractivity contribution in [3.8, 4) is 0 Å². The standard InChI is InChI=1S/C19H25N7O2/c1-13-7-20-18-15(9-22-26(18)10-13)19(27)25-5-6-28-16(12-23(2)3)17(25)14-8-21-24(4)11-14/h7-11,16-17H,5-6,12H2,1-4H3. The molecule has 1 aliphatic heterocycles. The first-order chi connectivity index (χ1) is 13.4. The van der Waals surface area contributed by atoms with E-state index >= 15 is 0 Å². The number of hydrogen-bond donors (Lipinski definition) is 0. The molecule has 4 rings (SSSR count). The summed E-state index contributed by atoms with van der Waals surface area (Å²) in [5.41, 5.74) is 3.01. The van der Waals surface area contributed by atoms with Crippen LogP contribution in [0.2, 0.25) is 0 Å². The van der Waals surface area contributed by atoms with Gasteiger partial charge in [0, 0.05) is 44.3 Å². The minimum absolute atomic E-state index is 0.0905. The zero-order chi connectivity index (χ0) is 19.8. The number of carbonyl (C=O) groups excluding carboxylic acids is 1. The number of fused-ring (bicyclic) bond motifs is 1. The van der Waals surface area contributed by atoms with Gasteiger partial charge in [-0.15, -0.1) is 0 Å². The number of amides is 1. The van der Waals surface area contributed by atoms with Crippen LogP contribution in [-0.4, -0.2) is 80.0 Å². The molecule has 3 aromatic heterocycles. The summed E-state index contributed by atoms with van der Waals surface area (Å²) >= 11 is 0. The summed E-state index contributed by atoms with van der Waals surface area (Å²) in [6.07, 6.45) is 8.82. The van der Waals surface area contributed by atoms with Gasteiger partial charge in [0.1, 0.15) is 5.56 Å². The van der Waals surface area contributed by atoms with Crippen LogP contribution in [0.4, 0.5) is 0 Å². The third-order valence-corrected chi connectivity index (χ3v) is 4.94. The van der Waals surface area contributed by atoms with Crippen LogP contribution in [0, 0.1) is 6.92 Å². The van der Waals surface area contributed by atoms with Crippen molar-refractivity contribution in [3.63, 3.8) is 0 Å². The largest absolute Gasteiger partial charge is 0.373 e. The molecule has 9 heteroatoms. The highest BCUT2D eigenvalue weighted by Gasteiger charge is 2.38. The zero-order valence-corrected chi connectivity index (χ0v) is 16.6. The van der Waals surface area contributed by atoms with E-state index in [1.807, 2.05) is 45.4 Å². The Labute approximate surface area is 163 Å². The van der Waals surface area contributed by atoms with Crippen molar-refractivity contribution in [2.24, 2.45) is 7.05 Å². The van der Waals surface area contributed by atoms with Crippen molar-refractivity contribution in [1.29, 1.82) is 0 Å². The minimum Gasteiger partial charge on any atom is -0.373 e. The van der Waals surface area contributed by atoms with Gasteiger partial charge in [0.05, 0.1) is 31.1 Å². The zero-order valence-electron chi connectivity index (χ0n) is 16.6. The molecule has 0 aromatic carbocycles. The summed E-state index contributed by atoms with van der Waals surface area (Å²) in [7, 11) is 5.88. The van der Waals surface area contributed by atoms with Crippen molar-refractivity contribution in [1.82, 2.24) is 34.2 Å². The fraction of sp³-hybridized carbons (Fsp3) is 0.474. The van der Waals surface area contributed by atoms with Gasteiger partial charge in [-0.2, -0.15) is 10.2 Å². The Bertz CT molecular complexity index is 993. The summed E-state index contributed by atoms with van der Waals surface area (Å²) in [6, 6.07) is -0.224. The third kappa shape index (κ3) is 3.38. The van der Waals surface area contributed by atoms with Gasteiger partial charge in [-0.05, 0) is 26.6 Å². The fourth-order valence-electron chi connectivity index (χ4n) is 3.73.